The predicted octanol–water partition coefficient (Wildman–Crippen LogP) is 3.39. The molecule has 0 radical (unpaired) electrons. The van der Waals surface area contributed by atoms with Gasteiger partial charge in [0.05, 0.1) is 6.54 Å². The number of hydrogen-bond acceptors (Lipinski definition) is 2. The summed E-state index contributed by atoms with van der Waals surface area (Å²) in [6, 6.07) is 15.4. The molecule has 0 heterocycles. The van der Waals surface area contributed by atoms with Crippen LogP contribution in [0.15, 0.2) is 53.5 Å². The van der Waals surface area contributed by atoms with Crippen LogP contribution in [-0.4, -0.2) is 31.5 Å². The molecular weight excluding hydrogens is 360 g/mol. The summed E-state index contributed by atoms with van der Waals surface area (Å²) in [7, 11) is 0. The zero-order valence-corrected chi connectivity index (χ0v) is 16.6. The van der Waals surface area contributed by atoms with Gasteiger partial charge in [0.25, 0.3) is 5.91 Å². The van der Waals surface area contributed by atoms with Gasteiger partial charge in [-0.2, -0.15) is 0 Å². The highest BCUT2D eigenvalue weighted by Crippen LogP contribution is 2.09. The number of hydrogen-bond donors (Lipinski definition) is 3. The first kappa shape index (κ1) is 20.8. The molecule has 0 bridgehead atoms. The lowest BCUT2D eigenvalue weighted by Gasteiger charge is -2.11. The fraction of sp³-hybridized carbons (Fsp3) is 0.333. The zero-order valence-electron chi connectivity index (χ0n) is 15.9. The van der Waals surface area contributed by atoms with Crippen molar-refractivity contribution in [3.8, 4) is 0 Å². The van der Waals surface area contributed by atoms with E-state index in [-0.39, 0.29) is 5.91 Å². The molecule has 3 N–H and O–H groups in total. The van der Waals surface area contributed by atoms with E-state index in [4.69, 9.17) is 11.6 Å². The molecule has 0 spiro atoms. The number of carbonyl (C=O) groups excluding carboxylic acids is 1. The summed E-state index contributed by atoms with van der Waals surface area (Å²) in [6.45, 7) is 6.69. The molecule has 5 nitrogen and oxygen atoms in total. The van der Waals surface area contributed by atoms with E-state index in [1.807, 2.05) is 62.4 Å². The molecule has 2 rings (SSSR count). The van der Waals surface area contributed by atoms with Gasteiger partial charge in [0.15, 0.2) is 5.96 Å². The summed E-state index contributed by atoms with van der Waals surface area (Å²) >= 11 is 5.91. The second kappa shape index (κ2) is 11.2. The molecule has 27 heavy (non-hydrogen) atoms. The van der Waals surface area contributed by atoms with Gasteiger partial charge in [-0.25, -0.2) is 4.99 Å². The Morgan fingerprint density at radius 1 is 0.889 bits per heavy atom. The Morgan fingerprint density at radius 3 is 2.15 bits per heavy atom. The van der Waals surface area contributed by atoms with E-state index in [1.54, 1.807) is 0 Å². The second-order valence-corrected chi connectivity index (χ2v) is 6.49. The molecule has 0 saturated heterocycles. The van der Waals surface area contributed by atoms with Gasteiger partial charge in [-0.3, -0.25) is 4.79 Å². The number of guanidine groups is 1. The van der Waals surface area contributed by atoms with Gasteiger partial charge < -0.3 is 16.0 Å². The Kier molecular flexibility index (Phi) is 8.65. The number of amides is 1. The highest BCUT2D eigenvalue weighted by molar-refractivity contribution is 6.30. The van der Waals surface area contributed by atoms with Gasteiger partial charge in [0, 0.05) is 30.2 Å². The Morgan fingerprint density at radius 2 is 1.52 bits per heavy atom. The highest BCUT2D eigenvalue weighted by atomic mass is 35.5. The van der Waals surface area contributed by atoms with Crippen molar-refractivity contribution in [3.05, 3.63) is 70.2 Å². The minimum atomic E-state index is -0.0512. The van der Waals surface area contributed by atoms with E-state index in [0.717, 1.165) is 36.1 Å². The maximum Gasteiger partial charge on any atom is 0.251 e. The average Bonchev–Trinajstić information content (AvgIpc) is 2.68. The number of benzene rings is 2. The van der Waals surface area contributed by atoms with Crippen LogP contribution in [0.2, 0.25) is 5.02 Å². The van der Waals surface area contributed by atoms with Crippen molar-refractivity contribution in [1.82, 2.24) is 16.0 Å². The molecule has 0 atom stereocenters. The summed E-state index contributed by atoms with van der Waals surface area (Å²) in [5, 5.41) is 10.1. The third-order valence-electron chi connectivity index (χ3n) is 3.94. The third-order valence-corrected chi connectivity index (χ3v) is 4.19. The first-order valence-electron chi connectivity index (χ1n) is 9.26. The van der Waals surface area contributed by atoms with Crippen molar-refractivity contribution >= 4 is 23.5 Å². The largest absolute Gasteiger partial charge is 0.357 e. The van der Waals surface area contributed by atoms with Crippen LogP contribution < -0.4 is 16.0 Å². The Balaban J connectivity index is 1.88. The summed E-state index contributed by atoms with van der Waals surface area (Å²) in [5.41, 5.74) is 2.94. The molecule has 144 valence electrons. The molecular formula is C21H27ClN4O. The van der Waals surface area contributed by atoms with E-state index < -0.39 is 0 Å². The number of halogens is 1. The molecule has 0 fully saturated rings. The number of rotatable bonds is 8. The van der Waals surface area contributed by atoms with Crippen LogP contribution in [-0.2, 0) is 13.0 Å². The minimum absolute atomic E-state index is 0.0512. The van der Waals surface area contributed by atoms with Crippen LogP contribution in [0.3, 0.4) is 0 Å². The van der Waals surface area contributed by atoms with Crippen LogP contribution in [0.5, 0.6) is 0 Å². The van der Waals surface area contributed by atoms with Crippen molar-refractivity contribution in [3.63, 3.8) is 0 Å². The van der Waals surface area contributed by atoms with E-state index in [0.29, 0.717) is 18.7 Å². The molecule has 0 unspecified atom stereocenters. The fourth-order valence-electron chi connectivity index (χ4n) is 2.51. The Labute approximate surface area is 166 Å². The van der Waals surface area contributed by atoms with Gasteiger partial charge in [-0.05, 0) is 55.7 Å². The molecule has 0 aromatic heterocycles. The Hall–Kier alpha value is -2.53. The number of nitrogens with one attached hydrogen (secondary N) is 3. The number of nitrogens with zero attached hydrogens (tertiary/aromatic N) is 1. The molecule has 0 aliphatic carbocycles. The van der Waals surface area contributed by atoms with Crippen molar-refractivity contribution in [2.45, 2.75) is 26.8 Å². The van der Waals surface area contributed by atoms with E-state index in [9.17, 15) is 4.79 Å². The van der Waals surface area contributed by atoms with Gasteiger partial charge in [-0.1, -0.05) is 35.9 Å². The SMILES string of the molecule is CCNC(=O)c1ccc(CN=C(NCC)NCCc2ccc(Cl)cc2)cc1. The van der Waals surface area contributed by atoms with Gasteiger partial charge in [0.1, 0.15) is 0 Å². The lowest BCUT2D eigenvalue weighted by molar-refractivity contribution is 0.0956. The van der Waals surface area contributed by atoms with Crippen LogP contribution in [0.4, 0.5) is 0 Å². The van der Waals surface area contributed by atoms with Crippen LogP contribution in [0.25, 0.3) is 0 Å². The standard InChI is InChI=1S/C21H27ClN4O/c1-3-23-20(27)18-9-5-17(6-10-18)15-26-21(24-4-2)25-14-13-16-7-11-19(22)12-8-16/h5-12H,3-4,13-15H2,1-2H3,(H,23,27)(H2,24,25,26). The average molecular weight is 387 g/mol. The minimum Gasteiger partial charge on any atom is -0.357 e. The van der Waals surface area contributed by atoms with Crippen molar-refractivity contribution in [1.29, 1.82) is 0 Å². The monoisotopic (exact) mass is 386 g/mol. The lowest BCUT2D eigenvalue weighted by Crippen LogP contribution is -2.38. The summed E-state index contributed by atoms with van der Waals surface area (Å²) in [6.07, 6.45) is 0.892. The topological polar surface area (TPSA) is 65.5 Å². The lowest BCUT2D eigenvalue weighted by atomic mass is 10.1. The predicted molar refractivity (Wildman–Crippen MR) is 112 cm³/mol. The first-order valence-corrected chi connectivity index (χ1v) is 9.64. The molecule has 0 saturated carbocycles. The maximum absolute atomic E-state index is 11.8. The zero-order chi connectivity index (χ0) is 19.5. The van der Waals surface area contributed by atoms with Gasteiger partial charge in [0.2, 0.25) is 0 Å². The highest BCUT2D eigenvalue weighted by Gasteiger charge is 2.04. The molecule has 2 aromatic carbocycles. The van der Waals surface area contributed by atoms with Crippen LogP contribution in [0.1, 0.15) is 35.3 Å². The quantitative estimate of drug-likeness (QED) is 0.481. The van der Waals surface area contributed by atoms with E-state index in [2.05, 4.69) is 20.9 Å². The van der Waals surface area contributed by atoms with Crippen LogP contribution >= 0.6 is 11.6 Å². The fourth-order valence-corrected chi connectivity index (χ4v) is 2.64. The smallest absolute Gasteiger partial charge is 0.251 e. The first-order chi connectivity index (χ1) is 13.1. The number of aliphatic imine (C=N–C) groups is 1. The number of carbonyl (C=O) groups is 1. The molecule has 0 aliphatic heterocycles. The van der Waals surface area contributed by atoms with Crippen LogP contribution in [0, 0.1) is 0 Å². The van der Waals surface area contributed by atoms with Gasteiger partial charge in [-0.15, -0.1) is 0 Å². The molecule has 1 amide bonds. The molecule has 2 aromatic rings. The van der Waals surface area contributed by atoms with E-state index >= 15 is 0 Å². The molecule has 6 heteroatoms. The Bertz CT molecular complexity index is 742. The van der Waals surface area contributed by atoms with Crippen molar-refractivity contribution < 1.29 is 4.79 Å². The molecule has 0 aliphatic rings. The summed E-state index contributed by atoms with van der Waals surface area (Å²) in [5.74, 6) is 0.726. The maximum atomic E-state index is 11.8. The summed E-state index contributed by atoms with van der Waals surface area (Å²) in [4.78, 5) is 16.4. The van der Waals surface area contributed by atoms with Crippen molar-refractivity contribution in [2.24, 2.45) is 4.99 Å². The second-order valence-electron chi connectivity index (χ2n) is 6.05. The van der Waals surface area contributed by atoms with Crippen molar-refractivity contribution in [2.75, 3.05) is 19.6 Å². The van der Waals surface area contributed by atoms with E-state index in [1.165, 1.54) is 5.56 Å². The van der Waals surface area contributed by atoms with Gasteiger partial charge >= 0.3 is 0 Å². The third kappa shape index (κ3) is 7.31. The summed E-state index contributed by atoms with van der Waals surface area (Å²) < 4.78 is 0. The normalized spacial score (nSPS) is 11.1.